The summed E-state index contributed by atoms with van der Waals surface area (Å²) in [7, 11) is 0. The second-order valence-electron chi connectivity index (χ2n) is 3.26. The quantitative estimate of drug-likeness (QED) is 0.599. The molecule has 0 bridgehead atoms. The largest absolute Gasteiger partial charge is 0.227 e. The summed E-state index contributed by atoms with van der Waals surface area (Å²) in [6, 6.07) is 4.58. The average molecular weight is 187 g/mol. The Balaban J connectivity index is 2.19. The lowest BCUT2D eigenvalue weighted by atomic mass is 10.0. The van der Waals surface area contributed by atoms with Crippen molar-refractivity contribution in [1.29, 1.82) is 0 Å². The lowest BCUT2D eigenvalue weighted by Crippen LogP contribution is -2.05. The highest BCUT2D eigenvalue weighted by molar-refractivity contribution is 6.03. The first-order chi connectivity index (χ1) is 6.83. The Morgan fingerprint density at radius 1 is 1.29 bits per heavy atom. The highest BCUT2D eigenvalue weighted by Crippen LogP contribution is 2.31. The van der Waals surface area contributed by atoms with Crippen LogP contribution in [0.3, 0.4) is 0 Å². The molecule has 0 atom stereocenters. The molecule has 2 heterocycles. The number of hydrogen-bond donors (Lipinski definition) is 0. The molecule has 3 rings (SSSR count). The van der Waals surface area contributed by atoms with Crippen LogP contribution in [0.2, 0.25) is 0 Å². The van der Waals surface area contributed by atoms with Crippen molar-refractivity contribution in [3.8, 4) is 0 Å². The Hall–Kier alpha value is -1.84. The maximum absolute atomic E-state index is 12.9. The van der Waals surface area contributed by atoms with Crippen LogP contribution in [0.4, 0.5) is 10.1 Å². The third kappa shape index (κ3) is 1.00. The van der Waals surface area contributed by atoms with Crippen molar-refractivity contribution >= 4 is 11.5 Å². The Morgan fingerprint density at radius 2 is 2.21 bits per heavy atom. The highest BCUT2D eigenvalue weighted by Gasteiger charge is 2.19. The minimum Gasteiger partial charge on any atom is -0.227 e. The molecule has 0 saturated carbocycles. The van der Waals surface area contributed by atoms with Gasteiger partial charge >= 0.3 is 0 Å². The molecule has 0 radical (unpaired) electrons. The summed E-state index contributed by atoms with van der Waals surface area (Å²) in [5.41, 5.74) is 2.65. The molecule has 2 aliphatic rings. The van der Waals surface area contributed by atoms with Crippen molar-refractivity contribution in [3.63, 3.8) is 0 Å². The van der Waals surface area contributed by atoms with E-state index in [0.717, 1.165) is 16.8 Å². The van der Waals surface area contributed by atoms with E-state index in [1.807, 2.05) is 0 Å². The lowest BCUT2D eigenvalue weighted by Gasteiger charge is -2.12. The summed E-state index contributed by atoms with van der Waals surface area (Å²) in [6.45, 7) is 0. The maximum Gasteiger partial charge on any atom is 0.180 e. The van der Waals surface area contributed by atoms with Gasteiger partial charge in [-0.25, -0.2) is 9.38 Å². The van der Waals surface area contributed by atoms with Gasteiger partial charge in [0.05, 0.1) is 11.9 Å². The molecule has 0 spiro atoms. The predicted molar refractivity (Wildman–Crippen MR) is 50.1 cm³/mol. The molecule has 0 aliphatic carbocycles. The normalized spacial score (nSPS) is 17.2. The van der Waals surface area contributed by atoms with Gasteiger partial charge in [0.1, 0.15) is 5.82 Å². The molecule has 0 saturated heterocycles. The summed E-state index contributed by atoms with van der Waals surface area (Å²) < 4.78 is 12.9. The van der Waals surface area contributed by atoms with Crippen LogP contribution in [-0.4, -0.2) is 5.84 Å². The number of hydrogen-bond acceptors (Lipinski definition) is 3. The first kappa shape index (κ1) is 7.55. The summed E-state index contributed by atoms with van der Waals surface area (Å²) in [5.74, 6) is 0.430. The zero-order valence-corrected chi connectivity index (χ0v) is 7.24. The molecule has 2 aliphatic heterocycles. The van der Waals surface area contributed by atoms with Crippen LogP contribution >= 0.6 is 0 Å². The molecule has 0 aromatic heterocycles. The number of rotatable bonds is 0. The van der Waals surface area contributed by atoms with Crippen LogP contribution in [-0.2, 0) is 6.42 Å². The Labute approximate surface area is 79.7 Å². The van der Waals surface area contributed by atoms with E-state index in [4.69, 9.17) is 0 Å². The Morgan fingerprint density at radius 3 is 3.14 bits per heavy atom. The molecule has 0 N–H and O–H groups in total. The van der Waals surface area contributed by atoms with Crippen LogP contribution in [0.1, 0.15) is 5.56 Å². The van der Waals surface area contributed by atoms with Crippen molar-refractivity contribution in [2.75, 3.05) is 0 Å². The van der Waals surface area contributed by atoms with Crippen LogP contribution in [0.25, 0.3) is 0 Å². The monoisotopic (exact) mass is 187 g/mol. The standard InChI is InChI=1S/C10H6FN3/c11-8-1-2-9-6(4-8)3-7-5-12-14-10(7)13-9/h1-2,4-5H,3H2. The van der Waals surface area contributed by atoms with Gasteiger partial charge in [-0.1, -0.05) is 0 Å². The van der Waals surface area contributed by atoms with E-state index >= 15 is 0 Å². The Kier molecular flexibility index (Phi) is 1.39. The lowest BCUT2D eigenvalue weighted by molar-refractivity contribution is 0.626. The van der Waals surface area contributed by atoms with E-state index in [2.05, 4.69) is 15.2 Å². The molecule has 0 fully saturated rings. The molecular formula is C10H6FN3. The van der Waals surface area contributed by atoms with Crippen molar-refractivity contribution < 1.29 is 4.39 Å². The summed E-state index contributed by atoms with van der Waals surface area (Å²) in [4.78, 5) is 4.27. The molecule has 1 aromatic carbocycles. The fraction of sp³-hybridized carbons (Fsp3) is 0.100. The van der Waals surface area contributed by atoms with Crippen LogP contribution < -0.4 is 0 Å². The van der Waals surface area contributed by atoms with Crippen LogP contribution in [0.15, 0.2) is 45.2 Å². The maximum atomic E-state index is 12.9. The van der Waals surface area contributed by atoms with E-state index in [-0.39, 0.29) is 5.82 Å². The first-order valence-electron chi connectivity index (χ1n) is 4.30. The van der Waals surface area contributed by atoms with Crippen LogP contribution in [0, 0.1) is 5.82 Å². The molecule has 1 aromatic rings. The molecule has 14 heavy (non-hydrogen) atoms. The van der Waals surface area contributed by atoms with Crippen molar-refractivity contribution in [3.05, 3.63) is 41.4 Å². The van der Waals surface area contributed by atoms with E-state index in [9.17, 15) is 4.39 Å². The van der Waals surface area contributed by atoms with Gasteiger partial charge in [0, 0.05) is 12.0 Å². The molecule has 3 nitrogen and oxygen atoms in total. The zero-order chi connectivity index (χ0) is 9.54. The van der Waals surface area contributed by atoms with Gasteiger partial charge < -0.3 is 0 Å². The smallest absolute Gasteiger partial charge is 0.180 e. The number of azo groups is 1. The first-order valence-corrected chi connectivity index (χ1v) is 4.30. The fourth-order valence-corrected chi connectivity index (χ4v) is 1.62. The number of halogens is 1. The molecule has 0 unspecified atom stereocenters. The number of fused-ring (bicyclic) bond motifs is 2. The molecule has 0 amide bonds. The van der Waals surface area contributed by atoms with Gasteiger partial charge in [0.25, 0.3) is 0 Å². The highest BCUT2D eigenvalue weighted by atomic mass is 19.1. The number of benzene rings is 1. The third-order valence-corrected chi connectivity index (χ3v) is 2.30. The molecular weight excluding hydrogens is 181 g/mol. The van der Waals surface area contributed by atoms with Gasteiger partial charge in [-0.2, -0.15) is 5.11 Å². The number of nitrogens with zero attached hydrogens (tertiary/aromatic N) is 3. The minimum atomic E-state index is -0.227. The number of aliphatic imine (C=N–C) groups is 1. The van der Waals surface area contributed by atoms with E-state index in [0.29, 0.717) is 12.3 Å². The summed E-state index contributed by atoms with van der Waals surface area (Å²) >= 11 is 0. The molecule has 4 heteroatoms. The van der Waals surface area contributed by atoms with E-state index in [1.165, 1.54) is 12.1 Å². The van der Waals surface area contributed by atoms with E-state index < -0.39 is 0 Å². The number of amidine groups is 1. The van der Waals surface area contributed by atoms with Gasteiger partial charge in [0.2, 0.25) is 0 Å². The minimum absolute atomic E-state index is 0.227. The Bertz CT molecular complexity index is 500. The molecule has 68 valence electrons. The topological polar surface area (TPSA) is 37.1 Å². The predicted octanol–water partition coefficient (Wildman–Crippen LogP) is 2.76. The zero-order valence-electron chi connectivity index (χ0n) is 7.24. The van der Waals surface area contributed by atoms with Crippen molar-refractivity contribution in [1.82, 2.24) is 0 Å². The van der Waals surface area contributed by atoms with Gasteiger partial charge in [-0.3, -0.25) is 0 Å². The second kappa shape index (κ2) is 2.57. The van der Waals surface area contributed by atoms with Gasteiger partial charge in [0.15, 0.2) is 5.84 Å². The van der Waals surface area contributed by atoms with Crippen molar-refractivity contribution in [2.45, 2.75) is 6.42 Å². The summed E-state index contributed by atoms with van der Waals surface area (Å²) in [5, 5.41) is 7.64. The van der Waals surface area contributed by atoms with E-state index in [1.54, 1.807) is 12.3 Å². The fourth-order valence-electron chi connectivity index (χ4n) is 1.62. The van der Waals surface area contributed by atoms with Crippen LogP contribution in [0.5, 0.6) is 0 Å². The average Bonchev–Trinajstić information content (AvgIpc) is 2.61. The summed E-state index contributed by atoms with van der Waals surface area (Å²) in [6.07, 6.45) is 2.34. The van der Waals surface area contributed by atoms with Gasteiger partial charge in [-0.15, -0.1) is 5.11 Å². The second-order valence-corrected chi connectivity index (χ2v) is 3.26. The third-order valence-electron chi connectivity index (χ3n) is 2.30. The SMILES string of the molecule is Fc1ccc2c(c1)CC1=CN=NC1=N2. The van der Waals surface area contributed by atoms with Crippen molar-refractivity contribution in [2.24, 2.45) is 15.2 Å². The van der Waals surface area contributed by atoms with Gasteiger partial charge in [-0.05, 0) is 23.8 Å².